The Morgan fingerprint density at radius 1 is 0.958 bits per heavy atom. The average molecular weight is 663 g/mol. The number of allylic oxidation sites excluding steroid dienone is 1. The highest BCUT2D eigenvalue weighted by atomic mass is 19.1. The maximum absolute atomic E-state index is 13.6. The lowest BCUT2D eigenvalue weighted by Gasteiger charge is -2.31. The molecule has 0 radical (unpaired) electrons. The van der Waals surface area contributed by atoms with Gasteiger partial charge in [0.25, 0.3) is 5.56 Å². The van der Waals surface area contributed by atoms with Gasteiger partial charge in [0.05, 0.1) is 5.69 Å². The number of hydrogen-bond donors (Lipinski definition) is 0. The minimum atomic E-state index is -0.323. The molecule has 1 saturated heterocycles. The van der Waals surface area contributed by atoms with Crippen molar-refractivity contribution in [3.05, 3.63) is 63.2 Å². The Morgan fingerprint density at radius 3 is 2.31 bits per heavy atom. The summed E-state index contributed by atoms with van der Waals surface area (Å²) in [6, 6.07) is 4.60. The monoisotopic (exact) mass is 662 g/mol. The van der Waals surface area contributed by atoms with Gasteiger partial charge in [0.1, 0.15) is 5.82 Å². The van der Waals surface area contributed by atoms with Crippen LogP contribution >= 0.6 is 0 Å². The van der Waals surface area contributed by atoms with Gasteiger partial charge in [-0.3, -0.25) is 14.2 Å². The van der Waals surface area contributed by atoms with E-state index in [0.717, 1.165) is 68.4 Å². The Bertz CT molecular complexity index is 1570. The maximum atomic E-state index is 13.6. The summed E-state index contributed by atoms with van der Waals surface area (Å²) in [7, 11) is 0. The highest BCUT2D eigenvalue weighted by Gasteiger charge is 2.27. The predicted molar refractivity (Wildman–Crippen MR) is 188 cm³/mol. The molecule has 0 unspecified atom stereocenters. The number of rotatable bonds is 19. The van der Waals surface area contributed by atoms with Gasteiger partial charge < -0.3 is 14.2 Å². The lowest BCUT2D eigenvalue weighted by Crippen LogP contribution is -2.37. The van der Waals surface area contributed by atoms with Gasteiger partial charge in [-0.25, -0.2) is 9.37 Å². The van der Waals surface area contributed by atoms with E-state index in [9.17, 15) is 14.0 Å². The maximum Gasteiger partial charge on any atom is 0.311 e. The van der Waals surface area contributed by atoms with Gasteiger partial charge in [-0.2, -0.15) is 0 Å². The predicted octanol–water partition coefficient (Wildman–Crippen LogP) is 9.02. The third-order valence-corrected chi connectivity index (χ3v) is 10.2. The Hall–Kier alpha value is -3.33. The Labute approximate surface area is 285 Å². The van der Waals surface area contributed by atoms with Gasteiger partial charge in [-0.15, -0.1) is 0 Å². The summed E-state index contributed by atoms with van der Waals surface area (Å²) in [6.07, 6.45) is 21.8. The molecule has 5 rings (SSSR count). The largest absolute Gasteiger partial charge is 0.423 e. The molecule has 0 bridgehead atoms. The highest BCUT2D eigenvalue weighted by molar-refractivity contribution is 5.80. The zero-order valence-corrected chi connectivity index (χ0v) is 29.2. The van der Waals surface area contributed by atoms with Crippen molar-refractivity contribution in [2.24, 2.45) is 0 Å². The summed E-state index contributed by atoms with van der Waals surface area (Å²) in [5.74, 6) is 0.576. The van der Waals surface area contributed by atoms with Gasteiger partial charge in [0.2, 0.25) is 0 Å². The normalized spacial score (nSPS) is 15.5. The van der Waals surface area contributed by atoms with Crippen LogP contribution in [0.15, 0.2) is 33.6 Å². The van der Waals surface area contributed by atoms with Crippen LogP contribution in [0.1, 0.15) is 145 Å². The number of unbranched alkanes of at least 4 members (excludes halogenated alkanes) is 12. The van der Waals surface area contributed by atoms with E-state index in [1.807, 2.05) is 13.0 Å². The molecular formula is C39H55FN4O4. The molecule has 8 nitrogen and oxygen atoms in total. The van der Waals surface area contributed by atoms with Crippen LogP contribution in [0.25, 0.3) is 16.7 Å². The summed E-state index contributed by atoms with van der Waals surface area (Å²) in [4.78, 5) is 33.5. The first-order valence-corrected chi connectivity index (χ1v) is 18.7. The fourth-order valence-electron chi connectivity index (χ4n) is 7.27. The standard InChI is InChI=1S/C39H55FN4O4/c1-3-4-5-6-7-8-9-10-11-12-13-14-15-18-36(45)47-34-17-16-24-44-38(34)41-29(2)32(39(44)46)23-27-43-25-21-30(22-26-43)37-33-20-19-31(40)28-35(33)48-42-37/h17,19-20,28,30H,3-16,18,21-27H2,1-2H3. The molecule has 1 fully saturated rings. The molecule has 0 saturated carbocycles. The van der Waals surface area contributed by atoms with E-state index in [4.69, 9.17) is 14.2 Å². The SMILES string of the molecule is CCCCCCCCCCCCCCCC(=O)OC1=CCCn2c1nc(C)c(CCN1CCC(c3noc4cc(F)ccc34)CC1)c2=O. The van der Waals surface area contributed by atoms with E-state index in [1.54, 1.807) is 10.6 Å². The number of hydrogen-bond acceptors (Lipinski definition) is 7. The van der Waals surface area contributed by atoms with Gasteiger partial charge >= 0.3 is 5.97 Å². The Balaban J connectivity index is 1.02. The molecule has 2 aliphatic heterocycles. The summed E-state index contributed by atoms with van der Waals surface area (Å²) >= 11 is 0. The number of benzene rings is 1. The van der Waals surface area contributed by atoms with Crippen LogP contribution in [-0.4, -0.2) is 45.2 Å². The van der Waals surface area contributed by atoms with Crippen LogP contribution in [-0.2, 0) is 22.5 Å². The third-order valence-electron chi connectivity index (χ3n) is 10.2. The first kappa shape index (κ1) is 36.0. The number of carbonyl (C=O) groups excluding carboxylic acids is 1. The molecule has 0 spiro atoms. The number of halogens is 1. The molecule has 48 heavy (non-hydrogen) atoms. The van der Waals surface area contributed by atoms with Crippen LogP contribution in [0.4, 0.5) is 4.39 Å². The van der Waals surface area contributed by atoms with Gasteiger partial charge in [0, 0.05) is 48.1 Å². The van der Waals surface area contributed by atoms with Crippen molar-refractivity contribution in [1.82, 2.24) is 19.6 Å². The van der Waals surface area contributed by atoms with Crippen LogP contribution in [0, 0.1) is 12.7 Å². The molecule has 3 aromatic rings. The van der Waals surface area contributed by atoms with Crippen LogP contribution in [0.5, 0.6) is 0 Å². The molecule has 1 aromatic carbocycles. The zero-order chi connectivity index (χ0) is 33.7. The van der Waals surface area contributed by atoms with E-state index in [1.165, 1.54) is 76.3 Å². The summed E-state index contributed by atoms with van der Waals surface area (Å²) in [6.45, 7) is 7.23. The number of fused-ring (bicyclic) bond motifs is 2. The summed E-state index contributed by atoms with van der Waals surface area (Å²) in [5, 5.41) is 5.15. The number of nitrogens with zero attached hydrogens (tertiary/aromatic N) is 4. The highest BCUT2D eigenvalue weighted by Crippen LogP contribution is 2.33. The number of aryl methyl sites for hydroxylation is 1. The van der Waals surface area contributed by atoms with E-state index in [2.05, 4.69) is 17.0 Å². The minimum absolute atomic E-state index is 0.0353. The minimum Gasteiger partial charge on any atom is -0.423 e. The number of carbonyl (C=O) groups is 1. The van der Waals surface area contributed by atoms with Crippen molar-refractivity contribution < 1.29 is 18.4 Å². The molecule has 2 aliphatic rings. The molecule has 262 valence electrons. The molecular weight excluding hydrogens is 607 g/mol. The van der Waals surface area contributed by atoms with Crippen molar-refractivity contribution in [1.29, 1.82) is 0 Å². The average Bonchev–Trinajstić information content (AvgIpc) is 3.50. The lowest BCUT2D eigenvalue weighted by atomic mass is 9.91. The van der Waals surface area contributed by atoms with Gasteiger partial charge in [0.15, 0.2) is 17.2 Å². The topological polar surface area (TPSA) is 90.5 Å². The zero-order valence-electron chi connectivity index (χ0n) is 29.2. The smallest absolute Gasteiger partial charge is 0.311 e. The lowest BCUT2D eigenvalue weighted by molar-refractivity contribution is -0.136. The summed E-state index contributed by atoms with van der Waals surface area (Å²) < 4.78 is 26.4. The molecule has 0 N–H and O–H groups in total. The number of piperidine rings is 1. The van der Waals surface area contributed by atoms with E-state index >= 15 is 0 Å². The number of ether oxygens (including phenoxy) is 1. The number of aromatic nitrogens is 3. The number of likely N-dealkylation sites (tertiary alicyclic amines) is 1. The van der Waals surface area contributed by atoms with Crippen LogP contribution < -0.4 is 5.56 Å². The molecule has 0 atom stereocenters. The van der Waals surface area contributed by atoms with E-state index < -0.39 is 0 Å². The first-order valence-electron chi connectivity index (χ1n) is 18.7. The van der Waals surface area contributed by atoms with Crippen molar-refractivity contribution in [2.45, 2.75) is 142 Å². The summed E-state index contributed by atoms with van der Waals surface area (Å²) in [5.41, 5.74) is 2.79. The second-order valence-electron chi connectivity index (χ2n) is 13.9. The molecule has 0 aliphatic carbocycles. The Morgan fingerprint density at radius 2 is 1.62 bits per heavy atom. The molecule has 4 heterocycles. The van der Waals surface area contributed by atoms with Gasteiger partial charge in [-0.05, 0) is 70.3 Å². The molecule has 0 amide bonds. The van der Waals surface area contributed by atoms with Crippen molar-refractivity contribution in [3.63, 3.8) is 0 Å². The fraction of sp³-hybridized carbons (Fsp3) is 0.641. The first-order chi connectivity index (χ1) is 23.4. The van der Waals surface area contributed by atoms with E-state index in [0.29, 0.717) is 48.7 Å². The molecule has 9 heteroatoms. The Kier molecular flexibility index (Phi) is 13.8. The van der Waals surface area contributed by atoms with Crippen molar-refractivity contribution in [2.75, 3.05) is 19.6 Å². The number of esters is 1. The van der Waals surface area contributed by atoms with Gasteiger partial charge in [-0.1, -0.05) is 89.1 Å². The molecule has 2 aromatic heterocycles. The third kappa shape index (κ3) is 9.86. The van der Waals surface area contributed by atoms with E-state index in [-0.39, 0.29) is 23.3 Å². The van der Waals surface area contributed by atoms with Crippen molar-refractivity contribution in [3.8, 4) is 0 Å². The second kappa shape index (κ2) is 18.4. The quantitative estimate of drug-likeness (QED) is 0.0935. The second-order valence-corrected chi connectivity index (χ2v) is 13.9. The fourth-order valence-corrected chi connectivity index (χ4v) is 7.27. The van der Waals surface area contributed by atoms with Crippen LogP contribution in [0.3, 0.4) is 0 Å². The van der Waals surface area contributed by atoms with Crippen LogP contribution in [0.2, 0.25) is 0 Å². The van der Waals surface area contributed by atoms with Crippen molar-refractivity contribution >= 4 is 22.7 Å².